The number of hydrogen-bond donors (Lipinski definition) is 4. The minimum atomic E-state index is -3.84. The molecule has 1 heterocycles. The first kappa shape index (κ1) is 32.5. The second-order valence-electron chi connectivity index (χ2n) is 11.5. The molecule has 10 nitrogen and oxygen atoms in total. The van der Waals surface area contributed by atoms with Crippen molar-refractivity contribution in [3.05, 3.63) is 59.7 Å². The highest BCUT2D eigenvalue weighted by molar-refractivity contribution is 7.92. The van der Waals surface area contributed by atoms with E-state index in [0.717, 1.165) is 24.0 Å². The number of nitrogens with one attached hydrogen (secondary N) is 3. The van der Waals surface area contributed by atoms with Crippen LogP contribution in [0, 0.1) is 18.3 Å². The molecule has 2 aliphatic rings. The standard InChI is InChI=1S/C32H42N4O6S/c1-4-5-11-31(39)36(35-30(38)21-33-25-12-13-25)27(18-23-9-7-6-8-10-23)28(37)20-34-32(22(2)3)43(40,41)26-14-15-29-24(19-26)16-17-42-29/h1,6-10,14-15,19,22,25,27-28,32-34,37H,5,11-13,16-18,20-21H2,2-3H3,(H,35,38)/t27-,28+,32?/m0/s1. The van der Waals surface area contributed by atoms with Crippen LogP contribution >= 0.6 is 0 Å². The summed E-state index contributed by atoms with van der Waals surface area (Å²) in [6.07, 6.45) is 7.17. The van der Waals surface area contributed by atoms with Crippen molar-refractivity contribution >= 4 is 21.7 Å². The smallest absolute Gasteiger partial charge is 0.252 e. The number of hydrogen-bond acceptors (Lipinski definition) is 8. The molecule has 232 valence electrons. The average molecular weight is 611 g/mol. The van der Waals surface area contributed by atoms with Crippen molar-refractivity contribution in [1.29, 1.82) is 0 Å². The lowest BCUT2D eigenvalue weighted by Gasteiger charge is -2.36. The molecular formula is C32H42N4O6S. The largest absolute Gasteiger partial charge is 0.493 e. The molecule has 1 aliphatic carbocycles. The Kier molecular flexibility index (Phi) is 11.2. The lowest BCUT2D eigenvalue weighted by Crippen LogP contribution is -2.60. The molecule has 11 heteroatoms. The summed E-state index contributed by atoms with van der Waals surface area (Å²) in [4.78, 5) is 26.4. The van der Waals surface area contributed by atoms with Gasteiger partial charge in [-0.25, -0.2) is 13.4 Å². The lowest BCUT2D eigenvalue weighted by molar-refractivity contribution is -0.147. The van der Waals surface area contributed by atoms with Gasteiger partial charge in [0.05, 0.1) is 30.2 Å². The van der Waals surface area contributed by atoms with E-state index in [0.29, 0.717) is 24.8 Å². The van der Waals surface area contributed by atoms with E-state index in [-0.39, 0.29) is 43.2 Å². The van der Waals surface area contributed by atoms with Crippen molar-refractivity contribution in [2.45, 2.75) is 80.8 Å². The summed E-state index contributed by atoms with van der Waals surface area (Å²) in [7, 11) is -3.84. The summed E-state index contributed by atoms with van der Waals surface area (Å²) in [5.74, 6) is 1.95. The number of amides is 2. The van der Waals surface area contributed by atoms with Crippen molar-refractivity contribution in [2.75, 3.05) is 19.7 Å². The van der Waals surface area contributed by atoms with Gasteiger partial charge in [0.2, 0.25) is 5.91 Å². The average Bonchev–Trinajstić information content (AvgIpc) is 3.70. The zero-order valence-corrected chi connectivity index (χ0v) is 25.6. The molecule has 0 saturated heterocycles. The first-order valence-corrected chi connectivity index (χ1v) is 16.4. The van der Waals surface area contributed by atoms with Crippen LogP contribution < -0.4 is 20.8 Å². The van der Waals surface area contributed by atoms with E-state index in [1.165, 1.54) is 5.01 Å². The Morgan fingerprint density at radius 3 is 2.58 bits per heavy atom. The molecule has 0 bridgehead atoms. The molecule has 0 spiro atoms. The van der Waals surface area contributed by atoms with Gasteiger partial charge in [-0.15, -0.1) is 12.3 Å². The van der Waals surface area contributed by atoms with Gasteiger partial charge in [-0.1, -0.05) is 44.2 Å². The first-order chi connectivity index (χ1) is 20.6. The van der Waals surface area contributed by atoms with Crippen LogP contribution in [0.4, 0.5) is 0 Å². The molecule has 1 saturated carbocycles. The highest BCUT2D eigenvalue weighted by Crippen LogP contribution is 2.30. The van der Waals surface area contributed by atoms with Crippen LogP contribution in [-0.4, -0.2) is 73.6 Å². The van der Waals surface area contributed by atoms with Gasteiger partial charge < -0.3 is 15.2 Å². The van der Waals surface area contributed by atoms with Gasteiger partial charge in [-0.3, -0.25) is 20.3 Å². The lowest BCUT2D eigenvalue weighted by atomic mass is 9.99. The van der Waals surface area contributed by atoms with Crippen molar-refractivity contribution in [3.8, 4) is 18.1 Å². The zero-order valence-electron chi connectivity index (χ0n) is 24.8. The summed E-state index contributed by atoms with van der Waals surface area (Å²) in [5, 5.41) is 17.9. The fraction of sp³-hybridized carbons (Fsp3) is 0.500. The zero-order chi connectivity index (χ0) is 31.0. The predicted molar refractivity (Wildman–Crippen MR) is 163 cm³/mol. The summed E-state index contributed by atoms with van der Waals surface area (Å²) in [6, 6.07) is 13.6. The summed E-state index contributed by atoms with van der Waals surface area (Å²) in [6.45, 7) is 3.98. The van der Waals surface area contributed by atoms with E-state index in [4.69, 9.17) is 11.2 Å². The van der Waals surface area contributed by atoms with Crippen LogP contribution in [-0.2, 0) is 32.3 Å². The van der Waals surface area contributed by atoms with Gasteiger partial charge in [-0.05, 0) is 54.5 Å². The number of terminal acetylenes is 1. The molecule has 4 rings (SSSR count). The van der Waals surface area contributed by atoms with Gasteiger partial charge >= 0.3 is 0 Å². The van der Waals surface area contributed by atoms with Crippen LogP contribution in [0.3, 0.4) is 0 Å². The third-order valence-corrected chi connectivity index (χ3v) is 9.94. The van der Waals surface area contributed by atoms with Crippen LogP contribution in [0.15, 0.2) is 53.4 Å². The fourth-order valence-electron chi connectivity index (χ4n) is 5.15. The Morgan fingerprint density at radius 1 is 1.16 bits per heavy atom. The molecular weight excluding hydrogens is 568 g/mol. The monoisotopic (exact) mass is 610 g/mol. The quantitative estimate of drug-likeness (QED) is 0.178. The fourth-order valence-corrected chi connectivity index (χ4v) is 7.04. The van der Waals surface area contributed by atoms with Crippen molar-refractivity contribution < 1.29 is 27.9 Å². The number of aliphatic hydroxyl groups is 1. The van der Waals surface area contributed by atoms with Crippen LogP contribution in [0.5, 0.6) is 5.75 Å². The molecule has 2 aromatic carbocycles. The van der Waals surface area contributed by atoms with Gasteiger partial charge in [-0.2, -0.15) is 0 Å². The topological polar surface area (TPSA) is 137 Å². The second kappa shape index (κ2) is 14.8. The van der Waals surface area contributed by atoms with Gasteiger partial charge in [0.15, 0.2) is 9.84 Å². The van der Waals surface area contributed by atoms with E-state index >= 15 is 0 Å². The number of rotatable bonds is 15. The van der Waals surface area contributed by atoms with Gasteiger partial charge in [0.1, 0.15) is 11.1 Å². The maximum Gasteiger partial charge on any atom is 0.252 e. The van der Waals surface area contributed by atoms with E-state index in [9.17, 15) is 23.1 Å². The number of hydrazine groups is 1. The molecule has 2 amide bonds. The van der Waals surface area contributed by atoms with E-state index < -0.39 is 39.2 Å². The minimum Gasteiger partial charge on any atom is -0.493 e. The Hall–Kier alpha value is -3.43. The van der Waals surface area contributed by atoms with Crippen molar-refractivity contribution in [3.63, 3.8) is 0 Å². The second-order valence-corrected chi connectivity index (χ2v) is 13.5. The van der Waals surface area contributed by atoms with Gasteiger partial charge in [0.25, 0.3) is 5.91 Å². The van der Waals surface area contributed by atoms with E-state index in [2.05, 4.69) is 22.0 Å². The van der Waals surface area contributed by atoms with Crippen molar-refractivity contribution in [2.24, 2.45) is 5.92 Å². The number of ether oxygens (including phenoxy) is 1. The number of sulfone groups is 1. The Labute approximate surface area is 254 Å². The third kappa shape index (κ3) is 8.80. The number of aliphatic hydroxyl groups excluding tert-OH is 1. The molecule has 4 N–H and O–H groups in total. The molecule has 0 aromatic heterocycles. The molecule has 2 aromatic rings. The number of nitrogens with zero attached hydrogens (tertiary/aromatic N) is 1. The van der Waals surface area contributed by atoms with Gasteiger partial charge in [0, 0.05) is 31.8 Å². The molecule has 0 radical (unpaired) electrons. The normalized spacial score (nSPS) is 16.4. The Bertz CT molecular complexity index is 1400. The molecule has 1 unspecified atom stereocenters. The van der Waals surface area contributed by atoms with Crippen molar-refractivity contribution in [1.82, 2.24) is 21.1 Å². The highest BCUT2D eigenvalue weighted by Gasteiger charge is 2.35. The van der Waals surface area contributed by atoms with E-state index in [1.807, 2.05) is 30.3 Å². The van der Waals surface area contributed by atoms with Crippen LogP contribution in [0.1, 0.15) is 50.7 Å². The number of carbonyl (C=O) groups is 2. The number of benzene rings is 2. The molecule has 3 atom stereocenters. The predicted octanol–water partition coefficient (Wildman–Crippen LogP) is 1.96. The maximum absolute atomic E-state index is 13.8. The molecule has 1 aliphatic heterocycles. The SMILES string of the molecule is C#CCCC(=O)N(NC(=O)CNC1CC1)[C@@H](Cc1ccccc1)[C@H](O)CNC(C(C)C)S(=O)(=O)c1ccc2c(c1)CCO2. The van der Waals surface area contributed by atoms with Crippen LogP contribution in [0.2, 0.25) is 0 Å². The molecule has 43 heavy (non-hydrogen) atoms. The van der Waals surface area contributed by atoms with Crippen LogP contribution in [0.25, 0.3) is 0 Å². The van der Waals surface area contributed by atoms with E-state index in [1.54, 1.807) is 32.0 Å². The number of fused-ring (bicyclic) bond motifs is 1. The minimum absolute atomic E-state index is 0.0233. The summed E-state index contributed by atoms with van der Waals surface area (Å²) < 4.78 is 33.0. The summed E-state index contributed by atoms with van der Waals surface area (Å²) in [5.41, 5.74) is 4.38. The first-order valence-electron chi connectivity index (χ1n) is 14.8. The third-order valence-electron chi connectivity index (χ3n) is 7.65. The Morgan fingerprint density at radius 2 is 1.91 bits per heavy atom. The maximum atomic E-state index is 13.8. The Balaban J connectivity index is 1.56. The molecule has 1 fully saturated rings. The highest BCUT2D eigenvalue weighted by atomic mass is 32.2. The number of carbonyl (C=O) groups excluding carboxylic acids is 2. The summed E-state index contributed by atoms with van der Waals surface area (Å²) >= 11 is 0.